The predicted molar refractivity (Wildman–Crippen MR) is 95.7 cm³/mol. The molecule has 7 heteroatoms. The van der Waals surface area contributed by atoms with E-state index in [1.54, 1.807) is 12.4 Å². The zero-order valence-corrected chi connectivity index (χ0v) is 14.8. The lowest BCUT2D eigenvalue weighted by molar-refractivity contribution is -0.131. The SMILES string of the molecule is Cc1ccn(CCC(=O)N2CCCC(Cc3cnc(N)cn3)CC2)n1. The van der Waals surface area contributed by atoms with Gasteiger partial charge in [-0.05, 0) is 44.6 Å². The van der Waals surface area contributed by atoms with Gasteiger partial charge in [0.05, 0.1) is 23.8 Å². The molecule has 2 N–H and O–H groups in total. The highest BCUT2D eigenvalue weighted by molar-refractivity contribution is 5.76. The summed E-state index contributed by atoms with van der Waals surface area (Å²) in [5, 5.41) is 4.34. The molecular weight excluding hydrogens is 316 g/mol. The molecule has 2 aromatic rings. The van der Waals surface area contributed by atoms with Crippen molar-refractivity contribution in [2.75, 3.05) is 18.8 Å². The highest BCUT2D eigenvalue weighted by Crippen LogP contribution is 2.21. The van der Waals surface area contributed by atoms with E-state index in [4.69, 9.17) is 5.73 Å². The number of hydrogen-bond donors (Lipinski definition) is 1. The van der Waals surface area contributed by atoms with Gasteiger partial charge in [-0.2, -0.15) is 5.10 Å². The van der Waals surface area contributed by atoms with Crippen LogP contribution >= 0.6 is 0 Å². The molecule has 0 bridgehead atoms. The molecule has 2 aromatic heterocycles. The largest absolute Gasteiger partial charge is 0.382 e. The maximum absolute atomic E-state index is 12.5. The molecule has 134 valence electrons. The van der Waals surface area contributed by atoms with Crippen LogP contribution in [0.15, 0.2) is 24.7 Å². The van der Waals surface area contributed by atoms with Crippen LogP contribution in [-0.4, -0.2) is 43.6 Å². The number of rotatable bonds is 5. The minimum Gasteiger partial charge on any atom is -0.382 e. The van der Waals surface area contributed by atoms with Gasteiger partial charge in [-0.3, -0.25) is 14.5 Å². The molecule has 0 aromatic carbocycles. The Morgan fingerprint density at radius 2 is 2.16 bits per heavy atom. The Kier molecular flexibility index (Phi) is 5.63. The number of aryl methyl sites for hydroxylation is 2. The van der Waals surface area contributed by atoms with Gasteiger partial charge < -0.3 is 10.6 Å². The lowest BCUT2D eigenvalue weighted by Gasteiger charge is -2.20. The smallest absolute Gasteiger partial charge is 0.224 e. The molecule has 1 unspecified atom stereocenters. The second kappa shape index (κ2) is 8.09. The fourth-order valence-electron chi connectivity index (χ4n) is 3.34. The maximum atomic E-state index is 12.5. The number of hydrogen-bond acceptors (Lipinski definition) is 5. The highest BCUT2D eigenvalue weighted by atomic mass is 16.2. The first-order valence-electron chi connectivity index (χ1n) is 8.94. The van der Waals surface area contributed by atoms with Crippen LogP contribution in [0, 0.1) is 12.8 Å². The monoisotopic (exact) mass is 342 g/mol. The lowest BCUT2D eigenvalue weighted by atomic mass is 9.95. The Bertz CT molecular complexity index is 696. The lowest BCUT2D eigenvalue weighted by Crippen LogP contribution is -2.32. The number of carbonyl (C=O) groups is 1. The van der Waals surface area contributed by atoms with Crippen LogP contribution in [0.25, 0.3) is 0 Å². The summed E-state index contributed by atoms with van der Waals surface area (Å²) in [7, 11) is 0. The van der Waals surface area contributed by atoms with E-state index in [1.807, 2.05) is 28.8 Å². The van der Waals surface area contributed by atoms with Crippen LogP contribution in [0.3, 0.4) is 0 Å². The van der Waals surface area contributed by atoms with Gasteiger partial charge in [-0.15, -0.1) is 0 Å². The first-order chi connectivity index (χ1) is 12.1. The van der Waals surface area contributed by atoms with E-state index >= 15 is 0 Å². The van der Waals surface area contributed by atoms with Crippen LogP contribution in [-0.2, 0) is 17.8 Å². The average molecular weight is 342 g/mol. The number of aromatic nitrogens is 4. The quantitative estimate of drug-likeness (QED) is 0.895. The van der Waals surface area contributed by atoms with Crippen molar-refractivity contribution < 1.29 is 4.79 Å². The van der Waals surface area contributed by atoms with Crippen LogP contribution in [0.2, 0.25) is 0 Å². The summed E-state index contributed by atoms with van der Waals surface area (Å²) < 4.78 is 1.84. The van der Waals surface area contributed by atoms with Gasteiger partial charge in [0.1, 0.15) is 5.82 Å². The number of nitrogens with zero attached hydrogens (tertiary/aromatic N) is 5. The Hall–Kier alpha value is -2.44. The van der Waals surface area contributed by atoms with Gasteiger partial charge in [-0.25, -0.2) is 4.98 Å². The van der Waals surface area contributed by atoms with Crippen LogP contribution < -0.4 is 5.73 Å². The third-order valence-corrected chi connectivity index (χ3v) is 4.75. The Morgan fingerprint density at radius 1 is 1.28 bits per heavy atom. The summed E-state index contributed by atoms with van der Waals surface area (Å²) in [4.78, 5) is 22.9. The van der Waals surface area contributed by atoms with Crippen molar-refractivity contribution in [3.8, 4) is 0 Å². The van der Waals surface area contributed by atoms with Gasteiger partial charge in [-0.1, -0.05) is 0 Å². The summed E-state index contributed by atoms with van der Waals surface area (Å²) in [6.45, 7) is 4.28. The van der Waals surface area contributed by atoms with E-state index in [0.717, 1.165) is 50.2 Å². The molecule has 1 aliphatic heterocycles. The average Bonchev–Trinajstić information content (AvgIpc) is 2.88. The summed E-state index contributed by atoms with van der Waals surface area (Å²) >= 11 is 0. The van der Waals surface area contributed by atoms with Gasteiger partial charge in [0.15, 0.2) is 0 Å². The van der Waals surface area contributed by atoms with Crippen molar-refractivity contribution in [3.63, 3.8) is 0 Å². The normalized spacial score (nSPS) is 18.1. The second-order valence-electron chi connectivity index (χ2n) is 6.78. The summed E-state index contributed by atoms with van der Waals surface area (Å²) in [5.74, 6) is 1.22. The fourth-order valence-corrected chi connectivity index (χ4v) is 3.34. The van der Waals surface area contributed by atoms with E-state index in [9.17, 15) is 4.79 Å². The molecule has 3 rings (SSSR count). The van der Waals surface area contributed by atoms with Crippen molar-refractivity contribution in [1.82, 2.24) is 24.6 Å². The van der Waals surface area contributed by atoms with Crippen LogP contribution in [0.5, 0.6) is 0 Å². The molecule has 1 atom stereocenters. The molecule has 25 heavy (non-hydrogen) atoms. The van der Waals surface area contributed by atoms with Gasteiger partial charge >= 0.3 is 0 Å². The highest BCUT2D eigenvalue weighted by Gasteiger charge is 2.21. The number of amides is 1. The molecule has 1 amide bonds. The molecule has 1 aliphatic rings. The molecule has 1 saturated heterocycles. The summed E-state index contributed by atoms with van der Waals surface area (Å²) in [5.41, 5.74) is 7.55. The van der Waals surface area contributed by atoms with E-state index in [0.29, 0.717) is 24.7 Å². The van der Waals surface area contributed by atoms with Crippen LogP contribution in [0.4, 0.5) is 5.82 Å². The zero-order valence-electron chi connectivity index (χ0n) is 14.8. The predicted octanol–water partition coefficient (Wildman–Crippen LogP) is 1.83. The first kappa shape index (κ1) is 17.4. The first-order valence-corrected chi connectivity index (χ1v) is 8.94. The number of carbonyl (C=O) groups excluding carboxylic acids is 1. The van der Waals surface area contributed by atoms with Crippen molar-refractivity contribution in [3.05, 3.63) is 36.0 Å². The van der Waals surface area contributed by atoms with Gasteiger partial charge in [0, 0.05) is 32.3 Å². The number of likely N-dealkylation sites (tertiary alicyclic amines) is 1. The Balaban J connectivity index is 1.47. The Morgan fingerprint density at radius 3 is 2.88 bits per heavy atom. The number of nitrogen functional groups attached to an aromatic ring is 1. The molecule has 7 nitrogen and oxygen atoms in total. The van der Waals surface area contributed by atoms with Crippen LogP contribution in [0.1, 0.15) is 37.1 Å². The van der Waals surface area contributed by atoms with Crippen molar-refractivity contribution >= 4 is 11.7 Å². The third-order valence-electron chi connectivity index (χ3n) is 4.75. The maximum Gasteiger partial charge on any atom is 0.224 e. The minimum absolute atomic E-state index is 0.223. The third kappa shape index (κ3) is 5.01. The topological polar surface area (TPSA) is 89.9 Å². The van der Waals surface area contributed by atoms with E-state index in [2.05, 4.69) is 15.1 Å². The molecule has 0 saturated carbocycles. The number of anilines is 1. The number of nitrogens with two attached hydrogens (primary N) is 1. The molecule has 0 spiro atoms. The van der Waals surface area contributed by atoms with E-state index < -0.39 is 0 Å². The molecule has 0 aliphatic carbocycles. The van der Waals surface area contributed by atoms with E-state index in [-0.39, 0.29) is 5.91 Å². The van der Waals surface area contributed by atoms with Crippen molar-refractivity contribution in [2.24, 2.45) is 5.92 Å². The van der Waals surface area contributed by atoms with Gasteiger partial charge in [0.2, 0.25) is 5.91 Å². The van der Waals surface area contributed by atoms with Gasteiger partial charge in [0.25, 0.3) is 0 Å². The molecule has 1 fully saturated rings. The molecule has 0 radical (unpaired) electrons. The zero-order chi connectivity index (χ0) is 17.6. The van der Waals surface area contributed by atoms with E-state index in [1.165, 1.54) is 0 Å². The van der Waals surface area contributed by atoms with Crippen molar-refractivity contribution in [2.45, 2.75) is 45.6 Å². The summed E-state index contributed by atoms with van der Waals surface area (Å²) in [6.07, 6.45) is 9.88. The molecule has 3 heterocycles. The standard InChI is InChI=1S/C18H26N6O/c1-14-4-9-24(22-14)10-6-18(25)23-7-2-3-15(5-8-23)11-16-12-21-17(19)13-20-16/h4,9,12-13,15H,2-3,5-8,10-11H2,1H3,(H2,19,21). The minimum atomic E-state index is 0.223. The Labute approximate surface area is 148 Å². The van der Waals surface area contributed by atoms with Crippen molar-refractivity contribution in [1.29, 1.82) is 0 Å². The summed E-state index contributed by atoms with van der Waals surface area (Å²) in [6, 6.07) is 1.96. The molecular formula is C18H26N6O. The second-order valence-corrected chi connectivity index (χ2v) is 6.78. The fraction of sp³-hybridized carbons (Fsp3) is 0.556.